The molecule has 19 heavy (non-hydrogen) atoms. The first kappa shape index (κ1) is 13.7. The van der Waals surface area contributed by atoms with E-state index < -0.39 is 0 Å². The summed E-state index contributed by atoms with van der Waals surface area (Å²) in [5.41, 5.74) is 2.62. The van der Waals surface area contributed by atoms with Crippen LogP contribution >= 0.6 is 0 Å². The van der Waals surface area contributed by atoms with Crippen LogP contribution in [0, 0.1) is 19.8 Å². The Morgan fingerprint density at radius 2 is 1.95 bits per heavy atom. The van der Waals surface area contributed by atoms with Crippen molar-refractivity contribution in [3.05, 3.63) is 11.5 Å². The van der Waals surface area contributed by atoms with Gasteiger partial charge >= 0.3 is 0 Å². The Labute approximate surface area is 112 Å². The average molecular weight is 263 g/mol. The predicted octanol–water partition coefficient (Wildman–Crippen LogP) is 1.41. The lowest BCUT2D eigenvalue weighted by molar-refractivity contribution is 0.249. The van der Waals surface area contributed by atoms with Gasteiger partial charge in [0.15, 0.2) is 5.82 Å². The SMILES string of the molecule is Cc1nc(N[C@H](CO)C(C)C)c2c(n1)c(C)nn2C. The number of anilines is 1. The van der Waals surface area contributed by atoms with Crippen LogP contribution < -0.4 is 5.32 Å². The second-order valence-corrected chi connectivity index (χ2v) is 5.20. The molecule has 0 unspecified atom stereocenters. The molecule has 0 radical (unpaired) electrons. The van der Waals surface area contributed by atoms with Crippen LogP contribution in [0.2, 0.25) is 0 Å². The fourth-order valence-corrected chi connectivity index (χ4v) is 2.15. The van der Waals surface area contributed by atoms with Gasteiger partial charge in [-0.1, -0.05) is 13.8 Å². The summed E-state index contributed by atoms with van der Waals surface area (Å²) < 4.78 is 1.78. The molecule has 0 fully saturated rings. The van der Waals surface area contributed by atoms with E-state index in [2.05, 4.69) is 34.2 Å². The summed E-state index contributed by atoms with van der Waals surface area (Å²) in [5, 5.41) is 17.1. The Balaban J connectivity index is 2.53. The topological polar surface area (TPSA) is 75.9 Å². The Morgan fingerprint density at radius 1 is 1.26 bits per heavy atom. The molecule has 2 heterocycles. The first-order chi connectivity index (χ1) is 8.93. The largest absolute Gasteiger partial charge is 0.394 e. The summed E-state index contributed by atoms with van der Waals surface area (Å²) in [7, 11) is 1.88. The number of aryl methyl sites for hydroxylation is 3. The highest BCUT2D eigenvalue weighted by molar-refractivity contribution is 5.87. The molecular weight excluding hydrogens is 242 g/mol. The van der Waals surface area contributed by atoms with Gasteiger partial charge in [0.05, 0.1) is 18.3 Å². The maximum Gasteiger partial charge on any atom is 0.156 e. The van der Waals surface area contributed by atoms with Crippen LogP contribution in [0.5, 0.6) is 0 Å². The van der Waals surface area contributed by atoms with Crippen molar-refractivity contribution in [3.8, 4) is 0 Å². The molecule has 0 bridgehead atoms. The van der Waals surface area contributed by atoms with Gasteiger partial charge in [-0.15, -0.1) is 0 Å². The summed E-state index contributed by atoms with van der Waals surface area (Å²) in [4.78, 5) is 8.89. The highest BCUT2D eigenvalue weighted by Crippen LogP contribution is 2.23. The van der Waals surface area contributed by atoms with Crippen LogP contribution in [0.25, 0.3) is 11.0 Å². The van der Waals surface area contributed by atoms with E-state index in [1.165, 1.54) is 0 Å². The van der Waals surface area contributed by atoms with Gasteiger partial charge in [0.2, 0.25) is 0 Å². The molecule has 6 heteroatoms. The van der Waals surface area contributed by atoms with Gasteiger partial charge in [0.25, 0.3) is 0 Å². The number of rotatable bonds is 4. The first-order valence-corrected chi connectivity index (χ1v) is 6.49. The van der Waals surface area contributed by atoms with E-state index in [1.54, 1.807) is 4.68 Å². The normalized spacial score (nSPS) is 13.2. The molecule has 0 saturated carbocycles. The standard InChI is InChI=1S/C13H21N5O/c1-7(2)10(6-19)16-13-12-11(14-9(4)15-13)8(3)17-18(12)5/h7,10,19H,6H2,1-5H3,(H,14,15,16)/t10-/m1/s1. The van der Waals surface area contributed by atoms with E-state index >= 15 is 0 Å². The molecule has 0 aromatic carbocycles. The molecule has 2 N–H and O–H groups in total. The number of nitrogens with zero attached hydrogens (tertiary/aromatic N) is 4. The lowest BCUT2D eigenvalue weighted by Crippen LogP contribution is -2.30. The molecule has 0 aliphatic rings. The van der Waals surface area contributed by atoms with Crippen molar-refractivity contribution in [2.75, 3.05) is 11.9 Å². The van der Waals surface area contributed by atoms with Gasteiger partial charge in [-0.05, 0) is 19.8 Å². The molecule has 6 nitrogen and oxygen atoms in total. The van der Waals surface area contributed by atoms with Crippen LogP contribution in [-0.4, -0.2) is 37.5 Å². The van der Waals surface area contributed by atoms with Gasteiger partial charge in [0.1, 0.15) is 16.9 Å². The number of aromatic nitrogens is 4. The van der Waals surface area contributed by atoms with Crippen LogP contribution in [0.1, 0.15) is 25.4 Å². The van der Waals surface area contributed by atoms with E-state index in [4.69, 9.17) is 0 Å². The van der Waals surface area contributed by atoms with E-state index in [-0.39, 0.29) is 12.6 Å². The third-order valence-corrected chi connectivity index (χ3v) is 3.29. The minimum atomic E-state index is -0.0345. The molecule has 0 aliphatic carbocycles. The minimum absolute atomic E-state index is 0.0345. The highest BCUT2D eigenvalue weighted by atomic mass is 16.3. The Kier molecular flexibility index (Phi) is 3.71. The molecule has 2 aromatic heterocycles. The zero-order chi connectivity index (χ0) is 14.2. The Hall–Kier alpha value is -1.69. The van der Waals surface area contributed by atoms with Gasteiger partial charge in [-0.3, -0.25) is 4.68 Å². The summed E-state index contributed by atoms with van der Waals surface area (Å²) >= 11 is 0. The molecule has 0 aliphatic heterocycles. The number of hydrogen-bond donors (Lipinski definition) is 2. The lowest BCUT2D eigenvalue weighted by atomic mass is 10.1. The Morgan fingerprint density at radius 3 is 2.53 bits per heavy atom. The van der Waals surface area contributed by atoms with Crippen molar-refractivity contribution in [3.63, 3.8) is 0 Å². The lowest BCUT2D eigenvalue weighted by Gasteiger charge is -2.21. The number of nitrogens with one attached hydrogen (secondary N) is 1. The van der Waals surface area contributed by atoms with Crippen molar-refractivity contribution in [1.82, 2.24) is 19.7 Å². The van der Waals surface area contributed by atoms with Crippen molar-refractivity contribution in [2.45, 2.75) is 33.7 Å². The average Bonchev–Trinajstić information content (AvgIpc) is 2.61. The van der Waals surface area contributed by atoms with Crippen molar-refractivity contribution in [2.24, 2.45) is 13.0 Å². The first-order valence-electron chi connectivity index (χ1n) is 6.49. The van der Waals surface area contributed by atoms with Crippen molar-refractivity contribution >= 4 is 16.9 Å². The molecular formula is C13H21N5O. The van der Waals surface area contributed by atoms with Gasteiger partial charge in [-0.25, -0.2) is 9.97 Å². The number of fused-ring (bicyclic) bond motifs is 1. The molecule has 2 rings (SSSR count). The smallest absolute Gasteiger partial charge is 0.156 e. The summed E-state index contributed by atoms with van der Waals surface area (Å²) in [6, 6.07) is -0.0345. The summed E-state index contributed by atoms with van der Waals surface area (Å²) in [6.07, 6.45) is 0. The molecule has 0 spiro atoms. The van der Waals surface area contributed by atoms with E-state index in [0.717, 1.165) is 22.5 Å². The zero-order valence-corrected chi connectivity index (χ0v) is 12.1. The van der Waals surface area contributed by atoms with Crippen molar-refractivity contribution in [1.29, 1.82) is 0 Å². The highest BCUT2D eigenvalue weighted by Gasteiger charge is 2.18. The van der Waals surface area contributed by atoms with Crippen molar-refractivity contribution < 1.29 is 5.11 Å². The summed E-state index contributed by atoms with van der Waals surface area (Å²) in [5.74, 6) is 1.74. The Bertz CT molecular complexity index is 590. The third-order valence-electron chi connectivity index (χ3n) is 3.29. The fraction of sp³-hybridized carbons (Fsp3) is 0.615. The maximum absolute atomic E-state index is 9.45. The number of aliphatic hydroxyl groups excluding tert-OH is 1. The van der Waals surface area contributed by atoms with Crippen LogP contribution in [0.15, 0.2) is 0 Å². The molecule has 0 saturated heterocycles. The zero-order valence-electron chi connectivity index (χ0n) is 12.1. The van der Waals surface area contributed by atoms with Gasteiger partial charge in [-0.2, -0.15) is 5.10 Å². The summed E-state index contributed by atoms with van der Waals surface area (Å²) in [6.45, 7) is 7.99. The quantitative estimate of drug-likeness (QED) is 0.872. The third kappa shape index (κ3) is 2.53. The van der Waals surface area contributed by atoms with E-state index in [9.17, 15) is 5.11 Å². The van der Waals surface area contributed by atoms with Crippen LogP contribution in [-0.2, 0) is 7.05 Å². The molecule has 104 valence electrons. The van der Waals surface area contributed by atoms with E-state index in [1.807, 2.05) is 20.9 Å². The molecule has 1 atom stereocenters. The fourth-order valence-electron chi connectivity index (χ4n) is 2.15. The maximum atomic E-state index is 9.45. The molecule has 0 amide bonds. The van der Waals surface area contributed by atoms with E-state index in [0.29, 0.717) is 11.7 Å². The van der Waals surface area contributed by atoms with Crippen LogP contribution in [0.3, 0.4) is 0 Å². The predicted molar refractivity (Wildman–Crippen MR) is 75.1 cm³/mol. The second-order valence-electron chi connectivity index (χ2n) is 5.20. The van der Waals surface area contributed by atoms with Gasteiger partial charge in [0, 0.05) is 7.05 Å². The monoisotopic (exact) mass is 263 g/mol. The second kappa shape index (κ2) is 5.13. The number of aliphatic hydroxyl groups is 1. The number of hydrogen-bond acceptors (Lipinski definition) is 5. The molecule has 2 aromatic rings. The minimum Gasteiger partial charge on any atom is -0.394 e. The van der Waals surface area contributed by atoms with Gasteiger partial charge < -0.3 is 10.4 Å². The van der Waals surface area contributed by atoms with Crippen LogP contribution in [0.4, 0.5) is 5.82 Å².